The molecule has 8 nitrogen and oxygen atoms in total. The monoisotopic (exact) mass is 409 g/mol. The number of benzene rings is 1. The fourth-order valence-corrected chi connectivity index (χ4v) is 3.98. The van der Waals surface area contributed by atoms with Crippen LogP contribution >= 0.6 is 0 Å². The highest BCUT2D eigenvalue weighted by Crippen LogP contribution is 2.27. The van der Waals surface area contributed by atoms with Crippen LogP contribution in [-0.4, -0.2) is 83.2 Å². The van der Waals surface area contributed by atoms with Gasteiger partial charge < -0.3 is 29.9 Å². The second kappa shape index (κ2) is 8.21. The molecule has 1 aromatic carbocycles. The Labute approximate surface area is 166 Å². The molecule has 0 bridgehead atoms. The molecule has 0 saturated carbocycles. The van der Waals surface area contributed by atoms with Crippen molar-refractivity contribution in [1.82, 2.24) is 14.5 Å². The summed E-state index contributed by atoms with van der Waals surface area (Å²) < 4.78 is 34.7. The number of imidazole rings is 1. The average molecular weight is 409 g/mol. The zero-order valence-electron chi connectivity index (χ0n) is 16.0. The number of piperidine rings is 1. The minimum atomic E-state index is -1.08. The number of aliphatic hydroxyl groups is 1. The van der Waals surface area contributed by atoms with Crippen LogP contribution in [0.25, 0.3) is 11.0 Å². The lowest BCUT2D eigenvalue weighted by Crippen LogP contribution is -2.52. The van der Waals surface area contributed by atoms with Gasteiger partial charge in [0.15, 0.2) is 0 Å². The third kappa shape index (κ3) is 3.92. The largest absolute Gasteiger partial charge is 0.394 e. The van der Waals surface area contributed by atoms with E-state index in [9.17, 15) is 18.7 Å². The van der Waals surface area contributed by atoms with E-state index in [2.05, 4.69) is 4.98 Å². The number of anilines is 1. The van der Waals surface area contributed by atoms with Crippen molar-refractivity contribution in [3.05, 3.63) is 24.0 Å². The van der Waals surface area contributed by atoms with E-state index in [1.807, 2.05) is 4.90 Å². The van der Waals surface area contributed by atoms with Crippen molar-refractivity contribution in [3.63, 3.8) is 0 Å². The van der Waals surface area contributed by atoms with Gasteiger partial charge in [0.25, 0.3) is 0 Å². The van der Waals surface area contributed by atoms with E-state index in [0.717, 1.165) is 0 Å². The summed E-state index contributed by atoms with van der Waals surface area (Å²) in [5.41, 5.74) is 6.93. The predicted octanol–water partition coefficient (Wildman–Crippen LogP) is 0.271. The lowest BCUT2D eigenvalue weighted by molar-refractivity contribution is -0.142. The summed E-state index contributed by atoms with van der Waals surface area (Å²) in [5.74, 6) is -0.187. The molecule has 1 amide bonds. The minimum absolute atomic E-state index is 0.0728. The number of halogens is 2. The Bertz CT molecular complexity index is 892. The van der Waals surface area contributed by atoms with Gasteiger partial charge >= 0.3 is 0 Å². The summed E-state index contributed by atoms with van der Waals surface area (Å²) in [7, 11) is 0. The molecule has 2 aliphatic heterocycles. The number of hydrogen-bond donors (Lipinski definition) is 2. The van der Waals surface area contributed by atoms with Crippen LogP contribution in [0.2, 0.25) is 0 Å². The molecule has 2 saturated heterocycles. The number of alkyl halides is 1. The van der Waals surface area contributed by atoms with Crippen LogP contribution < -0.4 is 10.6 Å². The third-order valence-corrected chi connectivity index (χ3v) is 5.60. The highest BCUT2D eigenvalue weighted by molar-refractivity contribution is 5.83. The topological polar surface area (TPSA) is 96.9 Å². The molecule has 158 valence electrons. The summed E-state index contributed by atoms with van der Waals surface area (Å²) in [5, 5.41) is 9.56. The molecule has 3 N–H and O–H groups in total. The van der Waals surface area contributed by atoms with Crippen molar-refractivity contribution in [2.75, 3.05) is 44.4 Å². The van der Waals surface area contributed by atoms with Crippen molar-refractivity contribution >= 4 is 22.9 Å². The number of ether oxygens (including phenoxy) is 1. The maximum atomic E-state index is 13.9. The lowest BCUT2D eigenvalue weighted by Gasteiger charge is -2.36. The van der Waals surface area contributed by atoms with Gasteiger partial charge in [-0.25, -0.2) is 13.8 Å². The van der Waals surface area contributed by atoms with E-state index >= 15 is 0 Å². The predicted molar refractivity (Wildman–Crippen MR) is 103 cm³/mol. The molecule has 3 atom stereocenters. The summed E-state index contributed by atoms with van der Waals surface area (Å²) in [4.78, 5) is 21.0. The molecule has 10 heteroatoms. The number of carbonyl (C=O) groups excluding carboxylic acids is 1. The van der Waals surface area contributed by atoms with Crippen molar-refractivity contribution in [2.45, 2.75) is 31.2 Å². The van der Waals surface area contributed by atoms with E-state index in [0.29, 0.717) is 36.7 Å². The molecule has 0 radical (unpaired) electrons. The molecule has 1 aromatic heterocycles. The minimum Gasteiger partial charge on any atom is -0.394 e. The molecule has 1 unspecified atom stereocenters. The zero-order valence-corrected chi connectivity index (χ0v) is 16.0. The number of amides is 1. The molecule has 2 aliphatic rings. The standard InChI is InChI=1S/C19H25F2N5O3/c20-12-1-2-16-17(7-12)26(9-18(28)25-5-6-29-11-13(25)10-27)19(23-16)24-4-3-14(21)15(22)8-24/h1-2,7,13-15,27H,3-6,8-11,22H2/t13?,14-,15-/m1/s1. The van der Waals surface area contributed by atoms with Crippen molar-refractivity contribution in [1.29, 1.82) is 0 Å². The van der Waals surface area contributed by atoms with Crippen LogP contribution in [0.5, 0.6) is 0 Å². The molecular weight excluding hydrogens is 384 g/mol. The first-order valence-electron chi connectivity index (χ1n) is 9.76. The van der Waals surface area contributed by atoms with Crippen molar-refractivity contribution < 1.29 is 23.4 Å². The van der Waals surface area contributed by atoms with Crippen LogP contribution in [0.15, 0.2) is 18.2 Å². The molecule has 4 rings (SSSR count). The summed E-state index contributed by atoms with van der Waals surface area (Å²) >= 11 is 0. The number of morpholine rings is 1. The summed E-state index contributed by atoms with van der Waals surface area (Å²) in [6.45, 7) is 1.44. The first kappa shape index (κ1) is 20.0. The molecule has 2 fully saturated rings. The number of nitrogens with two attached hydrogens (primary N) is 1. The van der Waals surface area contributed by atoms with Gasteiger partial charge in [-0.2, -0.15) is 0 Å². The molecule has 29 heavy (non-hydrogen) atoms. The van der Waals surface area contributed by atoms with Crippen LogP contribution in [0.4, 0.5) is 14.7 Å². The first-order chi connectivity index (χ1) is 14.0. The van der Waals surface area contributed by atoms with E-state index in [1.165, 1.54) is 12.1 Å². The summed E-state index contributed by atoms with van der Waals surface area (Å²) in [6.07, 6.45) is -0.815. The van der Waals surface area contributed by atoms with Gasteiger partial charge in [-0.15, -0.1) is 0 Å². The van der Waals surface area contributed by atoms with Gasteiger partial charge in [-0.3, -0.25) is 4.79 Å². The SMILES string of the molecule is N[C@@H]1CN(c2nc3ccc(F)cc3n2CC(=O)N2CCOCC2CO)CC[C@H]1F. The van der Waals surface area contributed by atoms with Crippen LogP contribution in [-0.2, 0) is 16.1 Å². The Balaban J connectivity index is 1.68. The first-order valence-corrected chi connectivity index (χ1v) is 9.76. The van der Waals surface area contributed by atoms with Gasteiger partial charge in [0.1, 0.15) is 18.5 Å². The Hall–Kier alpha value is -2.30. The lowest BCUT2D eigenvalue weighted by atomic mass is 10.1. The zero-order chi connectivity index (χ0) is 20.5. The average Bonchev–Trinajstić information content (AvgIpc) is 3.07. The highest BCUT2D eigenvalue weighted by Gasteiger charge is 2.31. The Morgan fingerprint density at radius 3 is 2.97 bits per heavy atom. The van der Waals surface area contributed by atoms with Crippen LogP contribution in [0.1, 0.15) is 6.42 Å². The second-order valence-corrected chi connectivity index (χ2v) is 7.54. The summed E-state index contributed by atoms with van der Waals surface area (Å²) in [6, 6.07) is 3.14. The maximum Gasteiger partial charge on any atom is 0.243 e. The normalized spacial score (nSPS) is 25.6. The fourth-order valence-electron chi connectivity index (χ4n) is 3.98. The van der Waals surface area contributed by atoms with E-state index < -0.39 is 24.1 Å². The number of hydrogen-bond acceptors (Lipinski definition) is 6. The number of nitrogens with zero attached hydrogens (tertiary/aromatic N) is 4. The number of fused-ring (bicyclic) bond motifs is 1. The molecular formula is C19H25F2N5O3. The Morgan fingerprint density at radius 2 is 2.21 bits per heavy atom. The number of carbonyl (C=O) groups is 1. The van der Waals surface area contributed by atoms with E-state index in [4.69, 9.17) is 10.5 Å². The van der Waals surface area contributed by atoms with Crippen molar-refractivity contribution in [3.8, 4) is 0 Å². The van der Waals surface area contributed by atoms with Gasteiger partial charge in [-0.05, 0) is 24.6 Å². The molecule has 3 heterocycles. The van der Waals surface area contributed by atoms with Gasteiger partial charge in [0.2, 0.25) is 11.9 Å². The molecule has 0 spiro atoms. The molecule has 2 aromatic rings. The fraction of sp³-hybridized carbons (Fsp3) is 0.579. The van der Waals surface area contributed by atoms with Gasteiger partial charge in [-0.1, -0.05) is 0 Å². The van der Waals surface area contributed by atoms with Crippen molar-refractivity contribution in [2.24, 2.45) is 5.73 Å². The number of aliphatic hydroxyl groups excluding tert-OH is 1. The Morgan fingerprint density at radius 1 is 1.38 bits per heavy atom. The quantitative estimate of drug-likeness (QED) is 0.753. The third-order valence-electron chi connectivity index (χ3n) is 5.60. The van der Waals surface area contributed by atoms with E-state index in [1.54, 1.807) is 15.5 Å². The molecule has 0 aliphatic carbocycles. The number of aromatic nitrogens is 2. The maximum absolute atomic E-state index is 13.9. The Kier molecular flexibility index (Phi) is 5.66. The van der Waals surface area contributed by atoms with Crippen LogP contribution in [0.3, 0.4) is 0 Å². The van der Waals surface area contributed by atoms with Crippen LogP contribution in [0, 0.1) is 5.82 Å². The van der Waals surface area contributed by atoms with Gasteiger partial charge in [0, 0.05) is 19.6 Å². The number of rotatable bonds is 4. The highest BCUT2D eigenvalue weighted by atomic mass is 19.1. The smallest absolute Gasteiger partial charge is 0.243 e. The second-order valence-electron chi connectivity index (χ2n) is 7.54. The van der Waals surface area contributed by atoms with Gasteiger partial charge in [0.05, 0.1) is 42.9 Å². The van der Waals surface area contributed by atoms with E-state index in [-0.39, 0.29) is 38.6 Å².